The van der Waals surface area contributed by atoms with Gasteiger partial charge < -0.3 is 10.2 Å². The highest BCUT2D eigenvalue weighted by molar-refractivity contribution is 5.87. The molecule has 0 spiro atoms. The SMILES string of the molecule is O=C(O)c1ccc(C#Cc2cc(O)cc(C34CC5CC(CC(C5)C3)C4)c2)cc1. The van der Waals surface area contributed by atoms with Gasteiger partial charge in [0.15, 0.2) is 0 Å². The molecule has 4 aliphatic rings. The first-order valence-electron chi connectivity index (χ1n) is 10.2. The topological polar surface area (TPSA) is 57.5 Å². The van der Waals surface area contributed by atoms with Crippen LogP contribution in [0.3, 0.4) is 0 Å². The summed E-state index contributed by atoms with van der Waals surface area (Å²) in [6.45, 7) is 0. The summed E-state index contributed by atoms with van der Waals surface area (Å²) >= 11 is 0. The third-order valence-electron chi connectivity index (χ3n) is 7.05. The van der Waals surface area contributed by atoms with Crippen molar-refractivity contribution in [2.45, 2.75) is 43.9 Å². The molecule has 0 radical (unpaired) electrons. The van der Waals surface area contributed by atoms with Gasteiger partial charge in [0.25, 0.3) is 0 Å². The zero-order valence-electron chi connectivity index (χ0n) is 15.8. The molecule has 4 aliphatic carbocycles. The summed E-state index contributed by atoms with van der Waals surface area (Å²) in [5, 5.41) is 19.4. The molecule has 4 saturated carbocycles. The molecule has 0 aromatic heterocycles. The van der Waals surface area contributed by atoms with Gasteiger partial charge in [-0.05, 0) is 110 Å². The number of hydrogen-bond donors (Lipinski definition) is 2. The molecule has 28 heavy (non-hydrogen) atoms. The number of hydrogen-bond acceptors (Lipinski definition) is 2. The Labute approximate surface area is 165 Å². The Bertz CT molecular complexity index is 955. The van der Waals surface area contributed by atoms with Crippen molar-refractivity contribution in [2.75, 3.05) is 0 Å². The van der Waals surface area contributed by atoms with E-state index in [1.54, 1.807) is 30.3 Å². The second kappa shape index (κ2) is 6.41. The van der Waals surface area contributed by atoms with Crippen molar-refractivity contribution in [3.05, 3.63) is 64.7 Å². The summed E-state index contributed by atoms with van der Waals surface area (Å²) < 4.78 is 0. The number of phenols is 1. The normalized spacial score (nSPS) is 29.9. The summed E-state index contributed by atoms with van der Waals surface area (Å²) in [5.41, 5.74) is 3.34. The number of carboxylic acids is 1. The predicted molar refractivity (Wildman–Crippen MR) is 107 cm³/mol. The molecule has 2 aromatic rings. The van der Waals surface area contributed by atoms with E-state index in [0.29, 0.717) is 5.75 Å². The van der Waals surface area contributed by atoms with Gasteiger partial charge in [-0.1, -0.05) is 11.8 Å². The molecule has 0 heterocycles. The lowest BCUT2D eigenvalue weighted by molar-refractivity contribution is -0.00528. The smallest absolute Gasteiger partial charge is 0.335 e. The van der Waals surface area contributed by atoms with E-state index in [-0.39, 0.29) is 11.0 Å². The molecule has 0 unspecified atom stereocenters. The Hall–Kier alpha value is -2.73. The fourth-order valence-electron chi connectivity index (χ4n) is 6.29. The zero-order chi connectivity index (χ0) is 19.3. The Morgan fingerprint density at radius 2 is 1.43 bits per heavy atom. The third-order valence-corrected chi connectivity index (χ3v) is 7.05. The van der Waals surface area contributed by atoms with Gasteiger partial charge in [0, 0.05) is 11.1 Å². The Kier molecular flexibility index (Phi) is 3.98. The van der Waals surface area contributed by atoms with E-state index in [4.69, 9.17) is 5.11 Å². The Morgan fingerprint density at radius 1 is 0.857 bits per heavy atom. The first kappa shape index (κ1) is 17.4. The van der Waals surface area contributed by atoms with E-state index < -0.39 is 5.97 Å². The standard InChI is InChI=1S/C25H24O3/c26-23-11-17(2-1-16-3-5-21(6-4-16)24(27)28)10-22(12-23)25-13-18-7-19(14-25)9-20(8-18)15-25/h3-6,10-12,18-20,26H,7-9,13-15H2,(H,27,28). The van der Waals surface area contributed by atoms with E-state index in [1.165, 1.54) is 44.1 Å². The van der Waals surface area contributed by atoms with Crippen LogP contribution in [-0.4, -0.2) is 16.2 Å². The molecule has 0 atom stereocenters. The lowest BCUT2D eigenvalue weighted by atomic mass is 9.48. The highest BCUT2D eigenvalue weighted by Gasteiger charge is 2.51. The van der Waals surface area contributed by atoms with E-state index in [1.807, 2.05) is 6.07 Å². The van der Waals surface area contributed by atoms with Crippen LogP contribution in [0.25, 0.3) is 0 Å². The number of phenolic OH excluding ortho intramolecular Hbond substituents is 1. The van der Waals surface area contributed by atoms with Gasteiger partial charge in [-0.15, -0.1) is 0 Å². The lowest BCUT2D eigenvalue weighted by Gasteiger charge is -2.57. The summed E-state index contributed by atoms with van der Waals surface area (Å²) in [7, 11) is 0. The van der Waals surface area contributed by atoms with Crippen molar-refractivity contribution >= 4 is 5.97 Å². The highest BCUT2D eigenvalue weighted by Crippen LogP contribution is 2.60. The van der Waals surface area contributed by atoms with Gasteiger partial charge in [-0.25, -0.2) is 4.79 Å². The molecule has 6 rings (SSSR count). The van der Waals surface area contributed by atoms with Crippen LogP contribution in [0.5, 0.6) is 5.75 Å². The fourth-order valence-corrected chi connectivity index (χ4v) is 6.29. The van der Waals surface area contributed by atoms with Crippen molar-refractivity contribution < 1.29 is 15.0 Å². The minimum atomic E-state index is -0.937. The van der Waals surface area contributed by atoms with Gasteiger partial charge in [0.1, 0.15) is 5.75 Å². The van der Waals surface area contributed by atoms with Crippen molar-refractivity contribution in [3.8, 4) is 17.6 Å². The van der Waals surface area contributed by atoms with E-state index in [9.17, 15) is 9.90 Å². The molecular formula is C25H24O3. The molecule has 2 aromatic carbocycles. The summed E-state index contributed by atoms with van der Waals surface area (Å²) in [4.78, 5) is 11.0. The van der Waals surface area contributed by atoms with Crippen LogP contribution in [-0.2, 0) is 5.41 Å². The van der Waals surface area contributed by atoms with Gasteiger partial charge >= 0.3 is 5.97 Å². The monoisotopic (exact) mass is 372 g/mol. The third kappa shape index (κ3) is 3.07. The van der Waals surface area contributed by atoms with Crippen LogP contribution >= 0.6 is 0 Å². The molecule has 142 valence electrons. The van der Waals surface area contributed by atoms with Gasteiger partial charge in [0.05, 0.1) is 5.56 Å². The van der Waals surface area contributed by atoms with Gasteiger partial charge in [-0.2, -0.15) is 0 Å². The maximum Gasteiger partial charge on any atom is 0.335 e. The second-order valence-electron chi connectivity index (χ2n) is 9.10. The van der Waals surface area contributed by atoms with Crippen molar-refractivity contribution in [3.63, 3.8) is 0 Å². The van der Waals surface area contributed by atoms with Crippen molar-refractivity contribution in [1.82, 2.24) is 0 Å². The molecule has 0 amide bonds. The van der Waals surface area contributed by atoms with Crippen LogP contribution in [0.2, 0.25) is 0 Å². The minimum Gasteiger partial charge on any atom is -0.508 e. The predicted octanol–water partition coefficient (Wildman–Crippen LogP) is 4.96. The Balaban J connectivity index is 1.45. The second-order valence-corrected chi connectivity index (χ2v) is 9.10. The number of carboxylic acid groups (broad SMARTS) is 1. The van der Waals surface area contributed by atoms with Crippen LogP contribution < -0.4 is 0 Å². The summed E-state index contributed by atoms with van der Waals surface area (Å²) in [6.07, 6.45) is 7.97. The highest BCUT2D eigenvalue weighted by atomic mass is 16.4. The van der Waals surface area contributed by atoms with Gasteiger partial charge in [0.2, 0.25) is 0 Å². The van der Waals surface area contributed by atoms with Crippen molar-refractivity contribution in [1.29, 1.82) is 0 Å². The number of benzene rings is 2. The van der Waals surface area contributed by atoms with Crippen LogP contribution in [0.15, 0.2) is 42.5 Å². The zero-order valence-corrected chi connectivity index (χ0v) is 15.8. The molecule has 3 nitrogen and oxygen atoms in total. The molecular weight excluding hydrogens is 348 g/mol. The molecule has 0 saturated heterocycles. The average Bonchev–Trinajstić information content (AvgIpc) is 2.65. The quantitative estimate of drug-likeness (QED) is 0.733. The van der Waals surface area contributed by atoms with Crippen LogP contribution in [0.1, 0.15) is 65.6 Å². The van der Waals surface area contributed by atoms with Crippen LogP contribution in [0.4, 0.5) is 0 Å². The summed E-state index contributed by atoms with van der Waals surface area (Å²) in [6, 6.07) is 12.4. The van der Waals surface area contributed by atoms with E-state index >= 15 is 0 Å². The lowest BCUT2D eigenvalue weighted by Crippen LogP contribution is -2.48. The first-order valence-corrected chi connectivity index (χ1v) is 10.2. The number of aromatic hydroxyl groups is 1. The molecule has 4 fully saturated rings. The molecule has 2 N–H and O–H groups in total. The number of rotatable bonds is 2. The van der Waals surface area contributed by atoms with E-state index in [0.717, 1.165) is 28.9 Å². The minimum absolute atomic E-state index is 0.229. The number of aromatic carboxylic acids is 1. The molecule has 3 heteroatoms. The number of carbonyl (C=O) groups is 1. The van der Waals surface area contributed by atoms with Crippen molar-refractivity contribution in [2.24, 2.45) is 17.8 Å². The fraction of sp³-hybridized carbons (Fsp3) is 0.400. The molecule has 4 bridgehead atoms. The first-order chi connectivity index (χ1) is 13.5. The molecule has 0 aliphatic heterocycles. The van der Waals surface area contributed by atoms with E-state index in [2.05, 4.69) is 17.9 Å². The Morgan fingerprint density at radius 3 is 2.00 bits per heavy atom. The average molecular weight is 372 g/mol. The van der Waals surface area contributed by atoms with Gasteiger partial charge in [-0.3, -0.25) is 0 Å². The summed E-state index contributed by atoms with van der Waals surface area (Å²) in [5.74, 6) is 8.19. The van der Waals surface area contributed by atoms with Crippen LogP contribution in [0, 0.1) is 29.6 Å². The maximum atomic E-state index is 11.0. The maximum absolute atomic E-state index is 11.0. The largest absolute Gasteiger partial charge is 0.508 e.